The fourth-order valence-electron chi connectivity index (χ4n) is 8.13. The largest absolute Gasteiger partial charge is 0.462 e. The Morgan fingerprint density at radius 2 is 0.887 bits per heavy atom. The summed E-state index contributed by atoms with van der Waals surface area (Å²) in [7, 11) is 0. The number of carbonyl (C=O) groups excluding carboxylic acids is 2. The minimum Gasteiger partial charge on any atom is -0.462 e. The van der Waals surface area contributed by atoms with Crippen LogP contribution in [0.25, 0.3) is 0 Å². The zero-order valence-corrected chi connectivity index (χ0v) is 41.3. The number of carbonyl (C=O) groups is 2. The zero-order valence-electron chi connectivity index (χ0n) is 41.3. The second kappa shape index (κ2) is 49.8. The molecule has 0 saturated heterocycles. The molecule has 3 atom stereocenters. The molecular weight excluding hydrogens is 767 g/mol. The smallest absolute Gasteiger partial charge is 0.306 e. The molecule has 6 heteroatoms. The predicted octanol–water partition coefficient (Wildman–Crippen LogP) is 16.2. The summed E-state index contributed by atoms with van der Waals surface area (Å²) >= 11 is 0. The Labute approximate surface area is 385 Å². The highest BCUT2D eigenvalue weighted by molar-refractivity contribution is 5.77. The van der Waals surface area contributed by atoms with Gasteiger partial charge in [0.15, 0.2) is 0 Å². The molecule has 0 fully saturated rings. The van der Waals surface area contributed by atoms with E-state index in [9.17, 15) is 19.8 Å². The van der Waals surface area contributed by atoms with E-state index in [0.717, 1.165) is 83.5 Å². The highest BCUT2D eigenvalue weighted by atomic mass is 16.5. The molecule has 62 heavy (non-hydrogen) atoms. The van der Waals surface area contributed by atoms with Gasteiger partial charge in [0.05, 0.1) is 25.2 Å². The van der Waals surface area contributed by atoms with Crippen molar-refractivity contribution in [2.45, 2.75) is 289 Å². The van der Waals surface area contributed by atoms with Gasteiger partial charge >= 0.3 is 5.97 Å². The highest BCUT2D eigenvalue weighted by Gasteiger charge is 2.24. The SMILES string of the molecule is CC/C=C/C=C/C=C/CCCCCCCCCC(=O)OC(CCCCC/C=C/CCCCCCCCC)CC(=O)NC(CO)C(O)CCCCCCCCCCCCCCCC. The normalized spacial score (nSPS) is 13.6. The first-order valence-electron chi connectivity index (χ1n) is 26.9. The molecule has 0 bridgehead atoms. The van der Waals surface area contributed by atoms with Gasteiger partial charge < -0.3 is 20.3 Å². The van der Waals surface area contributed by atoms with Crippen molar-refractivity contribution in [3.8, 4) is 0 Å². The maximum absolute atomic E-state index is 13.2. The number of esters is 1. The minimum absolute atomic E-state index is 0.0630. The molecule has 0 aliphatic heterocycles. The van der Waals surface area contributed by atoms with Crippen LogP contribution < -0.4 is 5.32 Å². The molecule has 0 spiro atoms. The van der Waals surface area contributed by atoms with E-state index in [2.05, 4.69) is 74.7 Å². The maximum Gasteiger partial charge on any atom is 0.306 e. The van der Waals surface area contributed by atoms with Gasteiger partial charge in [0.25, 0.3) is 0 Å². The Balaban J connectivity index is 4.59. The zero-order chi connectivity index (χ0) is 45.2. The van der Waals surface area contributed by atoms with Gasteiger partial charge in [0.2, 0.25) is 5.91 Å². The fraction of sp³-hybridized carbons (Fsp3) is 0.821. The Morgan fingerprint density at radius 1 is 0.484 bits per heavy atom. The van der Waals surface area contributed by atoms with Gasteiger partial charge in [-0.3, -0.25) is 9.59 Å². The summed E-state index contributed by atoms with van der Waals surface area (Å²) in [6.07, 6.45) is 60.3. The second-order valence-corrected chi connectivity index (χ2v) is 18.3. The topological polar surface area (TPSA) is 95.9 Å². The number of hydrogen-bond acceptors (Lipinski definition) is 5. The maximum atomic E-state index is 13.2. The molecule has 0 radical (unpaired) electrons. The van der Waals surface area contributed by atoms with Gasteiger partial charge in [-0.2, -0.15) is 0 Å². The average Bonchev–Trinajstić information content (AvgIpc) is 3.26. The quantitative estimate of drug-likeness (QED) is 0.0245. The Morgan fingerprint density at radius 3 is 1.37 bits per heavy atom. The molecule has 6 nitrogen and oxygen atoms in total. The van der Waals surface area contributed by atoms with Crippen molar-refractivity contribution in [3.63, 3.8) is 0 Å². The molecule has 1 amide bonds. The number of hydrogen-bond donors (Lipinski definition) is 3. The number of unbranched alkanes of at least 4 members (excludes halogenated alkanes) is 30. The van der Waals surface area contributed by atoms with E-state index < -0.39 is 18.2 Å². The van der Waals surface area contributed by atoms with Crippen LogP contribution in [0.15, 0.2) is 48.6 Å². The monoisotopic (exact) mass is 870 g/mol. The van der Waals surface area contributed by atoms with E-state index in [0.29, 0.717) is 19.3 Å². The molecule has 3 unspecified atom stereocenters. The van der Waals surface area contributed by atoms with E-state index in [1.807, 2.05) is 0 Å². The van der Waals surface area contributed by atoms with E-state index in [1.54, 1.807) is 0 Å². The molecule has 0 aromatic rings. The van der Waals surface area contributed by atoms with Crippen LogP contribution >= 0.6 is 0 Å². The van der Waals surface area contributed by atoms with Crippen LogP contribution in [0.3, 0.4) is 0 Å². The van der Waals surface area contributed by atoms with E-state index >= 15 is 0 Å². The predicted molar refractivity (Wildman–Crippen MR) is 269 cm³/mol. The lowest BCUT2D eigenvalue weighted by atomic mass is 10.0. The summed E-state index contributed by atoms with van der Waals surface area (Å²) in [4.78, 5) is 26.2. The Bertz CT molecular complexity index is 1070. The van der Waals surface area contributed by atoms with Crippen LogP contribution in [0, 0.1) is 0 Å². The number of rotatable bonds is 48. The minimum atomic E-state index is -0.793. The molecule has 0 aliphatic rings. The van der Waals surface area contributed by atoms with Crippen molar-refractivity contribution in [2.75, 3.05) is 6.61 Å². The first kappa shape index (κ1) is 59.8. The lowest BCUT2D eigenvalue weighted by molar-refractivity contribution is -0.151. The Kier molecular flexibility index (Phi) is 48.1. The van der Waals surface area contributed by atoms with Crippen LogP contribution in [0.5, 0.6) is 0 Å². The summed E-state index contributed by atoms with van der Waals surface area (Å²) in [5.41, 5.74) is 0. The summed E-state index contributed by atoms with van der Waals surface area (Å²) in [5.74, 6) is -0.495. The van der Waals surface area contributed by atoms with Gasteiger partial charge in [0.1, 0.15) is 6.10 Å². The van der Waals surface area contributed by atoms with Gasteiger partial charge in [-0.15, -0.1) is 0 Å². The van der Waals surface area contributed by atoms with Gasteiger partial charge in [-0.1, -0.05) is 236 Å². The third-order valence-corrected chi connectivity index (χ3v) is 12.2. The van der Waals surface area contributed by atoms with Crippen LogP contribution in [0.4, 0.5) is 0 Å². The van der Waals surface area contributed by atoms with Gasteiger partial charge in [-0.25, -0.2) is 0 Å². The van der Waals surface area contributed by atoms with Crippen molar-refractivity contribution in [1.82, 2.24) is 5.32 Å². The standard InChI is InChI=1S/C56H103NO5/c1-4-7-10-13-16-19-22-25-28-31-34-37-40-43-46-49-56(61)62-52(47-44-41-38-35-32-29-26-23-20-17-14-11-8-5-2)50-55(60)57-53(51-58)54(59)48-45-42-39-36-33-30-27-24-21-18-15-12-9-6-3/h7,10,13,16,19,22,29,32,52-54,58-59H,4-6,8-9,11-12,14-15,17-18,20-21,23-28,30-31,33-51H2,1-3H3,(H,57,60)/b10-7+,16-13+,22-19+,32-29+. The lowest BCUT2D eigenvalue weighted by Crippen LogP contribution is -2.46. The van der Waals surface area contributed by atoms with Crippen LogP contribution in [0.1, 0.15) is 271 Å². The summed E-state index contributed by atoms with van der Waals surface area (Å²) in [5, 5.41) is 23.8. The van der Waals surface area contributed by atoms with Crippen molar-refractivity contribution in [1.29, 1.82) is 0 Å². The molecule has 0 aliphatic carbocycles. The molecule has 3 N–H and O–H groups in total. The number of nitrogens with one attached hydrogen (secondary N) is 1. The lowest BCUT2D eigenvalue weighted by Gasteiger charge is -2.24. The van der Waals surface area contributed by atoms with E-state index in [-0.39, 0.29) is 24.9 Å². The van der Waals surface area contributed by atoms with Crippen molar-refractivity contribution in [3.05, 3.63) is 48.6 Å². The van der Waals surface area contributed by atoms with Gasteiger partial charge in [-0.05, 0) is 70.6 Å². The van der Waals surface area contributed by atoms with Crippen LogP contribution in [-0.4, -0.2) is 46.9 Å². The number of allylic oxidation sites excluding steroid dienone is 8. The average molecular weight is 870 g/mol. The molecule has 0 aromatic heterocycles. The molecule has 0 aromatic carbocycles. The first-order chi connectivity index (χ1) is 30.5. The van der Waals surface area contributed by atoms with Crippen molar-refractivity contribution in [2.24, 2.45) is 0 Å². The summed E-state index contributed by atoms with van der Waals surface area (Å²) in [6.45, 7) is 6.36. The molecule has 0 saturated carbocycles. The molecule has 362 valence electrons. The molecule has 0 rings (SSSR count). The molecule has 0 heterocycles. The van der Waals surface area contributed by atoms with E-state index in [1.165, 1.54) is 141 Å². The number of ether oxygens (including phenoxy) is 1. The van der Waals surface area contributed by atoms with E-state index in [4.69, 9.17) is 4.74 Å². The first-order valence-corrected chi connectivity index (χ1v) is 26.9. The van der Waals surface area contributed by atoms with Crippen molar-refractivity contribution < 1.29 is 24.5 Å². The molecular formula is C56H103NO5. The summed E-state index contributed by atoms with van der Waals surface area (Å²) in [6, 6.07) is -0.708. The number of aliphatic hydroxyl groups excluding tert-OH is 2. The summed E-state index contributed by atoms with van der Waals surface area (Å²) < 4.78 is 5.93. The third-order valence-electron chi connectivity index (χ3n) is 12.2. The van der Waals surface area contributed by atoms with Crippen molar-refractivity contribution >= 4 is 11.9 Å². The Hall–Kier alpha value is -2.18. The van der Waals surface area contributed by atoms with Crippen LogP contribution in [0.2, 0.25) is 0 Å². The second-order valence-electron chi connectivity index (χ2n) is 18.3. The number of aliphatic hydroxyl groups is 2. The third kappa shape index (κ3) is 44.4. The highest BCUT2D eigenvalue weighted by Crippen LogP contribution is 2.18. The number of amides is 1. The fourth-order valence-corrected chi connectivity index (χ4v) is 8.13. The van der Waals surface area contributed by atoms with Crippen LogP contribution in [-0.2, 0) is 14.3 Å². The van der Waals surface area contributed by atoms with Gasteiger partial charge in [0, 0.05) is 6.42 Å².